The van der Waals surface area contributed by atoms with Crippen LogP contribution in [0.2, 0.25) is 5.02 Å². The van der Waals surface area contributed by atoms with Crippen molar-refractivity contribution in [1.29, 1.82) is 0 Å². The van der Waals surface area contributed by atoms with Crippen LogP contribution in [0.5, 0.6) is 5.75 Å². The summed E-state index contributed by atoms with van der Waals surface area (Å²) >= 11 is 6.30. The summed E-state index contributed by atoms with van der Waals surface area (Å²) in [5.41, 5.74) is 2.72. The number of carbonyl (C=O) groups is 1. The number of aliphatic hydroxyl groups excluding tert-OH is 1. The summed E-state index contributed by atoms with van der Waals surface area (Å²) in [5.74, 6) is -0.352. The predicted molar refractivity (Wildman–Crippen MR) is 95.2 cm³/mol. The molecule has 0 saturated carbocycles. The van der Waals surface area contributed by atoms with E-state index in [4.69, 9.17) is 16.7 Å². The maximum Gasteiger partial charge on any atom is 0.199 e. The topological polar surface area (TPSA) is 87.4 Å². The van der Waals surface area contributed by atoms with E-state index in [1.54, 1.807) is 18.2 Å². The van der Waals surface area contributed by atoms with E-state index in [9.17, 15) is 9.90 Å². The minimum atomic E-state index is -0.283. The number of phenolic OH excluding ortho intramolecular Hbond substituents is 1. The zero-order chi connectivity index (χ0) is 17.6. The molecule has 4 rings (SSSR count). The van der Waals surface area contributed by atoms with Gasteiger partial charge >= 0.3 is 0 Å². The highest BCUT2D eigenvalue weighted by Crippen LogP contribution is 2.44. The van der Waals surface area contributed by atoms with Crippen molar-refractivity contribution in [3.8, 4) is 17.0 Å². The molecule has 0 fully saturated rings. The molecular weight excluding hydrogens is 342 g/mol. The molecular formula is C18H16ClN3O3. The molecule has 7 heteroatoms. The summed E-state index contributed by atoms with van der Waals surface area (Å²) in [7, 11) is 0. The third kappa shape index (κ3) is 2.41. The maximum atomic E-state index is 12.9. The van der Waals surface area contributed by atoms with Gasteiger partial charge in [-0.2, -0.15) is 5.10 Å². The zero-order valence-electron chi connectivity index (χ0n) is 13.3. The van der Waals surface area contributed by atoms with Crippen LogP contribution < -0.4 is 5.32 Å². The van der Waals surface area contributed by atoms with E-state index < -0.39 is 0 Å². The van der Waals surface area contributed by atoms with Crippen LogP contribution in [0, 0.1) is 0 Å². The Labute approximate surface area is 148 Å². The van der Waals surface area contributed by atoms with Crippen molar-refractivity contribution in [3.05, 3.63) is 46.5 Å². The Morgan fingerprint density at radius 2 is 2.00 bits per heavy atom. The normalized spacial score (nSPS) is 12.6. The smallest absolute Gasteiger partial charge is 0.199 e. The second-order valence-corrected chi connectivity index (χ2v) is 6.30. The van der Waals surface area contributed by atoms with E-state index in [2.05, 4.69) is 10.4 Å². The Kier molecular flexibility index (Phi) is 3.95. The maximum absolute atomic E-state index is 12.9. The highest BCUT2D eigenvalue weighted by atomic mass is 35.5. The fourth-order valence-corrected chi connectivity index (χ4v) is 3.56. The highest BCUT2D eigenvalue weighted by molar-refractivity contribution is 6.39. The molecule has 6 nitrogen and oxygen atoms in total. The summed E-state index contributed by atoms with van der Waals surface area (Å²) in [6.45, 7) is 1.81. The Morgan fingerprint density at radius 1 is 1.16 bits per heavy atom. The van der Waals surface area contributed by atoms with E-state index in [1.165, 1.54) is 6.07 Å². The average molecular weight is 358 g/mol. The van der Waals surface area contributed by atoms with Gasteiger partial charge in [-0.1, -0.05) is 23.7 Å². The fourth-order valence-electron chi connectivity index (χ4n) is 3.32. The van der Waals surface area contributed by atoms with Gasteiger partial charge in [-0.05, 0) is 18.2 Å². The average Bonchev–Trinajstić information content (AvgIpc) is 2.96. The highest BCUT2D eigenvalue weighted by Gasteiger charge is 2.32. The largest absolute Gasteiger partial charge is 0.507 e. The van der Waals surface area contributed by atoms with Gasteiger partial charge in [0, 0.05) is 24.0 Å². The number of halogens is 1. The van der Waals surface area contributed by atoms with E-state index >= 15 is 0 Å². The third-order valence-corrected chi connectivity index (χ3v) is 4.72. The molecule has 1 aliphatic carbocycles. The molecule has 1 aliphatic rings. The lowest BCUT2D eigenvalue weighted by atomic mass is 9.87. The summed E-state index contributed by atoms with van der Waals surface area (Å²) in [4.78, 5) is 12.9. The zero-order valence-corrected chi connectivity index (χ0v) is 14.0. The minimum absolute atomic E-state index is 0.0691. The first-order valence-electron chi connectivity index (χ1n) is 8.01. The number of aromatic hydroxyl groups is 1. The first-order valence-corrected chi connectivity index (χ1v) is 8.39. The SMILES string of the molecule is O=C1c2c(O)cccc2-c2nn(CCNCCO)c3ccc(Cl)c1c23. The fraction of sp³-hybridized carbons (Fsp3) is 0.222. The van der Waals surface area contributed by atoms with Crippen LogP contribution in [-0.4, -0.2) is 45.5 Å². The number of hydrogen-bond donors (Lipinski definition) is 3. The van der Waals surface area contributed by atoms with Crippen molar-refractivity contribution in [3.63, 3.8) is 0 Å². The predicted octanol–water partition coefficient (Wildman–Crippen LogP) is 2.19. The number of aliphatic hydroxyl groups is 1. The molecule has 0 spiro atoms. The molecule has 0 saturated heterocycles. The van der Waals surface area contributed by atoms with Gasteiger partial charge in [0.2, 0.25) is 0 Å². The summed E-state index contributed by atoms with van der Waals surface area (Å²) in [6, 6.07) is 8.51. The number of carbonyl (C=O) groups excluding carboxylic acids is 1. The number of nitrogens with zero attached hydrogens (tertiary/aromatic N) is 2. The number of hydrogen-bond acceptors (Lipinski definition) is 5. The van der Waals surface area contributed by atoms with Gasteiger partial charge < -0.3 is 15.5 Å². The number of nitrogens with one attached hydrogen (secondary N) is 1. The molecule has 3 N–H and O–H groups in total. The van der Waals surface area contributed by atoms with Gasteiger partial charge in [0.1, 0.15) is 11.4 Å². The molecule has 0 bridgehead atoms. The quantitative estimate of drug-likeness (QED) is 0.477. The molecule has 0 radical (unpaired) electrons. The number of aromatic nitrogens is 2. The number of ketones is 1. The lowest BCUT2D eigenvalue weighted by molar-refractivity contribution is 0.103. The van der Waals surface area contributed by atoms with Gasteiger partial charge in [0.25, 0.3) is 0 Å². The summed E-state index contributed by atoms with van der Waals surface area (Å²) in [6.07, 6.45) is 0. The van der Waals surface area contributed by atoms with E-state index in [0.717, 1.165) is 10.9 Å². The van der Waals surface area contributed by atoms with Gasteiger partial charge in [0.05, 0.1) is 34.8 Å². The molecule has 1 aromatic heterocycles. The number of rotatable bonds is 5. The third-order valence-electron chi connectivity index (χ3n) is 4.41. The van der Waals surface area contributed by atoms with Crippen molar-refractivity contribution in [1.82, 2.24) is 15.1 Å². The van der Waals surface area contributed by atoms with Crippen molar-refractivity contribution in [2.45, 2.75) is 6.54 Å². The molecule has 0 unspecified atom stereocenters. The van der Waals surface area contributed by atoms with Crippen LogP contribution in [0.3, 0.4) is 0 Å². The second-order valence-electron chi connectivity index (χ2n) is 5.89. The Balaban J connectivity index is 1.92. The van der Waals surface area contributed by atoms with Crippen LogP contribution in [0.4, 0.5) is 0 Å². The Morgan fingerprint density at radius 3 is 2.80 bits per heavy atom. The molecule has 0 atom stereocenters. The first kappa shape index (κ1) is 16.1. The van der Waals surface area contributed by atoms with Gasteiger partial charge in [-0.25, -0.2) is 0 Å². The standard InChI is InChI=1S/C18H16ClN3O3/c19-11-4-5-12-16-15(11)18(25)14-10(2-1-3-13(14)24)17(16)21-22(12)8-6-20-7-9-23/h1-5,20,23-24H,6-9H2. The van der Waals surface area contributed by atoms with E-state index in [-0.39, 0.29) is 23.7 Å². The first-order chi connectivity index (χ1) is 12.1. The van der Waals surface area contributed by atoms with Crippen LogP contribution in [0.15, 0.2) is 30.3 Å². The molecule has 25 heavy (non-hydrogen) atoms. The van der Waals surface area contributed by atoms with Crippen LogP contribution in [0.1, 0.15) is 15.9 Å². The van der Waals surface area contributed by atoms with Crippen molar-refractivity contribution in [2.75, 3.05) is 19.7 Å². The van der Waals surface area contributed by atoms with Gasteiger partial charge in [0.15, 0.2) is 5.78 Å². The lowest BCUT2D eigenvalue weighted by Gasteiger charge is -2.16. The van der Waals surface area contributed by atoms with Crippen molar-refractivity contribution >= 4 is 28.3 Å². The summed E-state index contributed by atoms with van der Waals surface area (Å²) in [5, 5.41) is 27.9. The van der Waals surface area contributed by atoms with Crippen LogP contribution in [-0.2, 0) is 6.54 Å². The molecule has 0 amide bonds. The second kappa shape index (κ2) is 6.15. The monoisotopic (exact) mass is 357 g/mol. The minimum Gasteiger partial charge on any atom is -0.507 e. The molecule has 2 aromatic carbocycles. The number of fused-ring (bicyclic) bond motifs is 2. The number of benzene rings is 2. The molecule has 3 aromatic rings. The van der Waals surface area contributed by atoms with Gasteiger partial charge in [-0.3, -0.25) is 9.48 Å². The summed E-state index contributed by atoms with van der Waals surface area (Å²) < 4.78 is 1.82. The Hall–Kier alpha value is -2.41. The van der Waals surface area contributed by atoms with E-state index in [1.807, 2.05) is 10.7 Å². The van der Waals surface area contributed by atoms with Crippen molar-refractivity contribution in [2.24, 2.45) is 0 Å². The van der Waals surface area contributed by atoms with Gasteiger partial charge in [-0.15, -0.1) is 0 Å². The molecule has 0 aliphatic heterocycles. The number of phenols is 1. The lowest BCUT2D eigenvalue weighted by Crippen LogP contribution is -2.23. The van der Waals surface area contributed by atoms with Crippen LogP contribution in [0.25, 0.3) is 22.2 Å². The van der Waals surface area contributed by atoms with Crippen molar-refractivity contribution < 1.29 is 15.0 Å². The Bertz CT molecular complexity index is 997. The molecule has 128 valence electrons. The van der Waals surface area contributed by atoms with Crippen LogP contribution >= 0.6 is 11.6 Å². The van der Waals surface area contributed by atoms with E-state index in [0.29, 0.717) is 41.5 Å². The molecule has 1 heterocycles.